The van der Waals surface area contributed by atoms with Crippen LogP contribution in [0.25, 0.3) is 0 Å². The second kappa shape index (κ2) is 5.78. The van der Waals surface area contributed by atoms with Crippen molar-refractivity contribution in [3.63, 3.8) is 0 Å². The summed E-state index contributed by atoms with van der Waals surface area (Å²) >= 11 is 3.45. The van der Waals surface area contributed by atoms with Gasteiger partial charge in [-0.3, -0.25) is 0 Å². The molecule has 0 saturated carbocycles. The molecule has 0 atom stereocenters. The van der Waals surface area contributed by atoms with Crippen molar-refractivity contribution in [2.75, 3.05) is 13.2 Å². The third-order valence-electron chi connectivity index (χ3n) is 1.74. The van der Waals surface area contributed by atoms with Crippen molar-refractivity contribution in [1.29, 1.82) is 0 Å². The van der Waals surface area contributed by atoms with Gasteiger partial charge in [-0.15, -0.1) is 0 Å². The molecule has 1 rings (SSSR count). The monoisotopic (exact) mass is 232 g/mol. The molecule has 0 aromatic rings. The molecule has 1 aliphatic rings. The van der Waals surface area contributed by atoms with Gasteiger partial charge in [-0.25, -0.2) is 0 Å². The molecule has 2 nitrogen and oxygen atoms in total. The Labute approximate surface area is 82.6 Å². The van der Waals surface area contributed by atoms with E-state index < -0.39 is 0 Å². The average molecular weight is 233 g/mol. The minimum absolute atomic E-state index is 0.137. The maximum absolute atomic E-state index is 5.31. The zero-order valence-electron chi connectivity index (χ0n) is 7.38. The molecule has 12 heavy (non-hydrogen) atoms. The summed E-state index contributed by atoms with van der Waals surface area (Å²) in [5, 5.41) is 0. The highest BCUT2D eigenvalue weighted by Crippen LogP contribution is 2.17. The zero-order valence-corrected chi connectivity index (χ0v) is 8.97. The molecular weight excluding hydrogens is 219 g/mol. The van der Waals surface area contributed by atoms with Crippen LogP contribution in [0.4, 0.5) is 0 Å². The van der Waals surface area contributed by atoms with Gasteiger partial charge in [0, 0.05) is 4.38 Å². The van der Waals surface area contributed by atoms with Gasteiger partial charge in [0.2, 0.25) is 0 Å². The maximum atomic E-state index is 5.31. The smallest absolute Gasteiger partial charge is 0.405 e. The Morgan fingerprint density at radius 2 is 2.17 bits per heavy atom. The van der Waals surface area contributed by atoms with Crippen molar-refractivity contribution in [1.82, 2.24) is 0 Å². The van der Waals surface area contributed by atoms with Gasteiger partial charge < -0.3 is 9.31 Å². The topological polar surface area (TPSA) is 18.5 Å². The molecule has 0 radical (unpaired) electrons. The van der Waals surface area contributed by atoms with Crippen molar-refractivity contribution in [3.8, 4) is 0 Å². The van der Waals surface area contributed by atoms with E-state index in [4.69, 9.17) is 9.31 Å². The predicted molar refractivity (Wildman–Crippen MR) is 54.2 cm³/mol. The lowest BCUT2D eigenvalue weighted by Gasteiger charge is -2.01. The Kier molecular flexibility index (Phi) is 4.96. The van der Waals surface area contributed by atoms with E-state index >= 15 is 0 Å². The van der Waals surface area contributed by atoms with Gasteiger partial charge in [0.05, 0.1) is 13.2 Å². The van der Waals surface area contributed by atoms with Gasteiger partial charge in [0.25, 0.3) is 0 Å². The summed E-state index contributed by atoms with van der Waals surface area (Å²) in [7, 11) is -0.137. The van der Waals surface area contributed by atoms with Gasteiger partial charge in [-0.2, -0.15) is 0 Å². The van der Waals surface area contributed by atoms with E-state index in [-0.39, 0.29) is 7.12 Å². The first-order valence-electron chi connectivity index (χ1n) is 4.43. The second-order valence-electron chi connectivity index (χ2n) is 2.80. The number of hydrogen-bond acceptors (Lipinski definition) is 2. The van der Waals surface area contributed by atoms with E-state index in [1.54, 1.807) is 0 Å². The lowest BCUT2D eigenvalue weighted by Crippen LogP contribution is -2.14. The van der Waals surface area contributed by atoms with Gasteiger partial charge >= 0.3 is 7.12 Å². The fourth-order valence-electron chi connectivity index (χ4n) is 1.06. The van der Waals surface area contributed by atoms with Crippen molar-refractivity contribution in [2.24, 2.45) is 0 Å². The zero-order chi connectivity index (χ0) is 8.81. The van der Waals surface area contributed by atoms with Crippen molar-refractivity contribution < 1.29 is 9.31 Å². The minimum Gasteiger partial charge on any atom is -0.405 e. The number of unbranched alkanes of at least 4 members (excludes halogenated alkanes) is 2. The number of rotatable bonds is 4. The summed E-state index contributed by atoms with van der Waals surface area (Å²) in [6, 6.07) is 0. The molecule has 0 unspecified atom stereocenters. The first-order valence-corrected chi connectivity index (χ1v) is 5.22. The summed E-state index contributed by atoms with van der Waals surface area (Å²) < 4.78 is 11.7. The SMILES string of the molecule is CCCC/C=C(/Br)B1OCCO1. The molecule has 1 saturated heterocycles. The van der Waals surface area contributed by atoms with E-state index in [1.165, 1.54) is 12.8 Å². The van der Waals surface area contributed by atoms with Gasteiger partial charge in [-0.05, 0) is 6.42 Å². The lowest BCUT2D eigenvalue weighted by atomic mass is 9.90. The number of allylic oxidation sites excluding steroid dienone is 1. The standard InChI is InChI=1S/C8H14BBrO2/c1-2-3-4-5-8(10)9-11-6-7-12-9/h5H,2-4,6-7H2,1H3/b8-5+. The fourth-order valence-corrected chi connectivity index (χ4v) is 1.55. The van der Waals surface area contributed by atoms with Crippen LogP contribution < -0.4 is 0 Å². The lowest BCUT2D eigenvalue weighted by molar-refractivity contribution is 0.365. The first kappa shape index (κ1) is 10.3. The van der Waals surface area contributed by atoms with Crippen LogP contribution in [-0.4, -0.2) is 20.3 Å². The molecule has 1 fully saturated rings. The molecule has 0 amide bonds. The Bertz CT molecular complexity index is 155. The van der Waals surface area contributed by atoms with Gasteiger partial charge in [0.15, 0.2) is 0 Å². The third kappa shape index (κ3) is 3.29. The summed E-state index contributed by atoms with van der Waals surface area (Å²) in [6.07, 6.45) is 5.69. The van der Waals surface area contributed by atoms with Gasteiger partial charge in [-0.1, -0.05) is 41.8 Å². The molecule has 0 spiro atoms. The molecular formula is C8H14BBrO2. The summed E-state index contributed by atoms with van der Waals surface area (Å²) in [6.45, 7) is 3.60. The number of hydrogen-bond donors (Lipinski definition) is 0. The average Bonchev–Trinajstić information content (AvgIpc) is 2.56. The molecule has 0 bridgehead atoms. The molecule has 4 heteroatoms. The quantitative estimate of drug-likeness (QED) is 0.548. The van der Waals surface area contributed by atoms with Crippen LogP contribution in [0.2, 0.25) is 0 Å². The molecule has 0 aromatic heterocycles. The Morgan fingerprint density at radius 1 is 1.50 bits per heavy atom. The maximum Gasteiger partial charge on any atom is 0.501 e. The van der Waals surface area contributed by atoms with Crippen LogP contribution in [0.1, 0.15) is 26.2 Å². The van der Waals surface area contributed by atoms with E-state index in [0.717, 1.165) is 10.8 Å². The van der Waals surface area contributed by atoms with Crippen LogP contribution >= 0.6 is 15.9 Å². The second-order valence-corrected chi connectivity index (χ2v) is 3.72. The van der Waals surface area contributed by atoms with Crippen LogP contribution in [0.15, 0.2) is 10.5 Å². The van der Waals surface area contributed by atoms with E-state index in [0.29, 0.717) is 13.2 Å². The van der Waals surface area contributed by atoms with E-state index in [1.807, 2.05) is 0 Å². The van der Waals surface area contributed by atoms with Crippen LogP contribution in [0.5, 0.6) is 0 Å². The predicted octanol–water partition coefficient (Wildman–Crippen LogP) is 2.53. The number of halogens is 1. The highest BCUT2D eigenvalue weighted by molar-refractivity contribution is 9.12. The van der Waals surface area contributed by atoms with Crippen molar-refractivity contribution in [3.05, 3.63) is 10.5 Å². The van der Waals surface area contributed by atoms with Gasteiger partial charge in [0.1, 0.15) is 0 Å². The van der Waals surface area contributed by atoms with E-state index in [2.05, 4.69) is 28.9 Å². The third-order valence-corrected chi connectivity index (χ3v) is 2.44. The minimum atomic E-state index is -0.137. The summed E-state index contributed by atoms with van der Waals surface area (Å²) in [5.41, 5.74) is 0. The molecule has 1 heterocycles. The highest BCUT2D eigenvalue weighted by Gasteiger charge is 2.26. The largest absolute Gasteiger partial charge is 0.501 e. The first-order chi connectivity index (χ1) is 5.84. The molecule has 0 N–H and O–H groups in total. The molecule has 0 aromatic carbocycles. The van der Waals surface area contributed by atoms with Crippen molar-refractivity contribution >= 4 is 23.0 Å². The summed E-state index contributed by atoms with van der Waals surface area (Å²) in [4.78, 5) is 0. The Hall–Kier alpha value is 0.205. The van der Waals surface area contributed by atoms with Crippen LogP contribution in [0, 0.1) is 0 Å². The molecule has 1 aliphatic heterocycles. The van der Waals surface area contributed by atoms with E-state index in [9.17, 15) is 0 Å². The highest BCUT2D eigenvalue weighted by atomic mass is 79.9. The Morgan fingerprint density at radius 3 is 2.75 bits per heavy atom. The fraction of sp³-hybridized carbons (Fsp3) is 0.750. The Balaban J connectivity index is 2.24. The van der Waals surface area contributed by atoms with Crippen LogP contribution in [-0.2, 0) is 9.31 Å². The summed E-state index contributed by atoms with van der Waals surface area (Å²) in [5.74, 6) is 0. The van der Waals surface area contributed by atoms with Crippen LogP contribution in [0.3, 0.4) is 0 Å². The molecule has 68 valence electrons. The normalized spacial score (nSPS) is 18.8. The molecule has 0 aliphatic carbocycles. The van der Waals surface area contributed by atoms with Crippen molar-refractivity contribution in [2.45, 2.75) is 26.2 Å².